The number of rotatable bonds is 6. The third-order valence-electron chi connectivity index (χ3n) is 3.72. The average Bonchev–Trinajstić information content (AvgIpc) is 2.89. The summed E-state index contributed by atoms with van der Waals surface area (Å²) in [7, 11) is 0. The lowest BCUT2D eigenvalue weighted by Gasteiger charge is -2.19. The van der Waals surface area contributed by atoms with Gasteiger partial charge in [-0.3, -0.25) is 4.68 Å². The first-order valence-corrected chi connectivity index (χ1v) is 8.31. The zero-order chi connectivity index (χ0) is 14.5. The molecule has 1 aromatic carbocycles. The van der Waals surface area contributed by atoms with Crippen molar-refractivity contribution in [1.29, 1.82) is 0 Å². The number of aromatic nitrogens is 2. The van der Waals surface area contributed by atoms with E-state index in [2.05, 4.69) is 82.9 Å². The molecular weight excluding hydrogens is 312 g/mol. The quantitative estimate of drug-likeness (QED) is 0.695. The predicted molar refractivity (Wildman–Crippen MR) is 88.3 cm³/mol. The van der Waals surface area contributed by atoms with Crippen LogP contribution in [0.3, 0.4) is 0 Å². The Balaban J connectivity index is 2.11. The molecule has 0 aliphatic carbocycles. The highest BCUT2D eigenvalue weighted by molar-refractivity contribution is 9.09. The fourth-order valence-corrected chi connectivity index (χ4v) is 3.02. The summed E-state index contributed by atoms with van der Waals surface area (Å²) in [5.74, 6) is 0.532. The van der Waals surface area contributed by atoms with Crippen molar-refractivity contribution in [3.05, 3.63) is 53.3 Å². The fourth-order valence-electron chi connectivity index (χ4n) is 2.52. The van der Waals surface area contributed by atoms with Gasteiger partial charge in [0.05, 0.1) is 5.69 Å². The molecule has 108 valence electrons. The third kappa shape index (κ3) is 3.51. The maximum Gasteiger partial charge on any atom is 0.0624 e. The van der Waals surface area contributed by atoms with Gasteiger partial charge in [0.1, 0.15) is 0 Å². The van der Waals surface area contributed by atoms with Gasteiger partial charge in [-0.1, -0.05) is 60.1 Å². The highest BCUT2D eigenvalue weighted by Crippen LogP contribution is 2.32. The van der Waals surface area contributed by atoms with E-state index in [0.717, 1.165) is 19.4 Å². The molecule has 1 heterocycles. The van der Waals surface area contributed by atoms with Crippen LogP contribution in [0.1, 0.15) is 42.5 Å². The molecule has 20 heavy (non-hydrogen) atoms. The second-order valence-electron chi connectivity index (χ2n) is 5.29. The maximum atomic E-state index is 4.63. The molecule has 2 unspecified atom stereocenters. The number of nitrogens with zero attached hydrogens (tertiary/aromatic N) is 2. The molecule has 0 bridgehead atoms. The Hall–Kier alpha value is -1.09. The maximum absolute atomic E-state index is 4.63. The monoisotopic (exact) mass is 334 g/mol. The van der Waals surface area contributed by atoms with Crippen LogP contribution in [-0.2, 0) is 19.4 Å². The number of alkyl halides is 1. The Bertz CT molecular complexity index is 533. The minimum Gasteiger partial charge on any atom is -0.270 e. The SMILES string of the molecule is CCc1cc(CC(C)C(Br)c2ccccc2)n(CC)n1. The van der Waals surface area contributed by atoms with Gasteiger partial charge in [-0.2, -0.15) is 5.10 Å². The third-order valence-corrected chi connectivity index (χ3v) is 5.16. The van der Waals surface area contributed by atoms with Gasteiger partial charge in [-0.05, 0) is 37.3 Å². The largest absolute Gasteiger partial charge is 0.270 e. The van der Waals surface area contributed by atoms with Gasteiger partial charge in [-0.15, -0.1) is 0 Å². The van der Waals surface area contributed by atoms with Crippen molar-refractivity contribution in [3.63, 3.8) is 0 Å². The normalized spacial score (nSPS) is 14.2. The van der Waals surface area contributed by atoms with Crippen LogP contribution in [0.2, 0.25) is 0 Å². The summed E-state index contributed by atoms with van der Waals surface area (Å²) < 4.78 is 2.14. The Labute approximate surface area is 130 Å². The van der Waals surface area contributed by atoms with Gasteiger partial charge < -0.3 is 0 Å². The molecule has 0 saturated carbocycles. The molecule has 0 N–H and O–H groups in total. The lowest BCUT2D eigenvalue weighted by Crippen LogP contribution is -2.11. The van der Waals surface area contributed by atoms with E-state index in [4.69, 9.17) is 0 Å². The molecule has 0 amide bonds. The molecule has 2 atom stereocenters. The number of aryl methyl sites for hydroxylation is 2. The zero-order valence-corrected chi connectivity index (χ0v) is 14.1. The first-order valence-electron chi connectivity index (χ1n) is 7.40. The Morgan fingerprint density at radius 2 is 1.90 bits per heavy atom. The van der Waals surface area contributed by atoms with E-state index in [-0.39, 0.29) is 0 Å². The second kappa shape index (κ2) is 7.07. The van der Waals surface area contributed by atoms with Crippen LogP contribution >= 0.6 is 15.9 Å². The molecule has 0 fully saturated rings. The predicted octanol–water partition coefficient (Wildman–Crippen LogP) is 4.78. The van der Waals surface area contributed by atoms with Crippen molar-refractivity contribution < 1.29 is 0 Å². The Morgan fingerprint density at radius 1 is 1.20 bits per heavy atom. The molecule has 0 spiro atoms. The van der Waals surface area contributed by atoms with E-state index < -0.39 is 0 Å². The number of hydrogen-bond donors (Lipinski definition) is 0. The van der Waals surface area contributed by atoms with E-state index in [1.165, 1.54) is 17.0 Å². The van der Waals surface area contributed by atoms with E-state index in [1.807, 2.05) is 0 Å². The standard InChI is InChI=1S/C17H23BrN2/c1-4-15-12-16(20(5-2)19-15)11-13(3)17(18)14-9-7-6-8-10-14/h6-10,12-13,17H,4-5,11H2,1-3H3. The number of halogens is 1. The first kappa shape index (κ1) is 15.3. The van der Waals surface area contributed by atoms with Crippen LogP contribution in [0.4, 0.5) is 0 Å². The highest BCUT2D eigenvalue weighted by Gasteiger charge is 2.18. The van der Waals surface area contributed by atoms with Crippen LogP contribution in [0.15, 0.2) is 36.4 Å². The van der Waals surface area contributed by atoms with Crippen molar-refractivity contribution in [3.8, 4) is 0 Å². The molecule has 2 aromatic rings. The van der Waals surface area contributed by atoms with Crippen LogP contribution in [0.25, 0.3) is 0 Å². The lowest BCUT2D eigenvalue weighted by molar-refractivity contribution is 0.524. The smallest absolute Gasteiger partial charge is 0.0624 e. The van der Waals surface area contributed by atoms with Crippen LogP contribution in [0.5, 0.6) is 0 Å². The van der Waals surface area contributed by atoms with Gasteiger partial charge >= 0.3 is 0 Å². The number of benzene rings is 1. The molecule has 0 saturated heterocycles. The van der Waals surface area contributed by atoms with Gasteiger partial charge in [0, 0.05) is 17.1 Å². The Morgan fingerprint density at radius 3 is 2.50 bits per heavy atom. The molecule has 2 nitrogen and oxygen atoms in total. The van der Waals surface area contributed by atoms with Gasteiger partial charge in [0.25, 0.3) is 0 Å². The summed E-state index contributed by atoms with van der Waals surface area (Å²) in [6.07, 6.45) is 2.05. The average molecular weight is 335 g/mol. The van der Waals surface area contributed by atoms with Gasteiger partial charge in [0.2, 0.25) is 0 Å². The summed E-state index contributed by atoms with van der Waals surface area (Å²) >= 11 is 3.85. The second-order valence-corrected chi connectivity index (χ2v) is 6.28. The highest BCUT2D eigenvalue weighted by atomic mass is 79.9. The van der Waals surface area contributed by atoms with Crippen molar-refractivity contribution in [2.24, 2.45) is 5.92 Å². The summed E-state index contributed by atoms with van der Waals surface area (Å²) in [4.78, 5) is 0.383. The zero-order valence-electron chi connectivity index (χ0n) is 12.5. The summed E-state index contributed by atoms with van der Waals surface area (Å²) in [6, 6.07) is 12.9. The van der Waals surface area contributed by atoms with Gasteiger partial charge in [-0.25, -0.2) is 0 Å². The molecule has 3 heteroatoms. The minimum absolute atomic E-state index is 0.383. The molecule has 1 aromatic heterocycles. The first-order chi connectivity index (χ1) is 9.65. The van der Waals surface area contributed by atoms with Crippen LogP contribution < -0.4 is 0 Å². The van der Waals surface area contributed by atoms with Gasteiger partial charge in [0.15, 0.2) is 0 Å². The fraction of sp³-hybridized carbons (Fsp3) is 0.471. The lowest BCUT2D eigenvalue weighted by atomic mass is 9.96. The van der Waals surface area contributed by atoms with Crippen LogP contribution in [-0.4, -0.2) is 9.78 Å². The van der Waals surface area contributed by atoms with E-state index in [0.29, 0.717) is 10.7 Å². The molecule has 0 radical (unpaired) electrons. The summed E-state index contributed by atoms with van der Waals surface area (Å²) in [5, 5.41) is 4.63. The Kier molecular flexibility index (Phi) is 5.41. The van der Waals surface area contributed by atoms with E-state index in [9.17, 15) is 0 Å². The molecular formula is C17H23BrN2. The summed E-state index contributed by atoms with van der Waals surface area (Å²) in [5.41, 5.74) is 3.88. The topological polar surface area (TPSA) is 17.8 Å². The van der Waals surface area contributed by atoms with Crippen molar-refractivity contribution >= 4 is 15.9 Å². The molecule has 0 aliphatic heterocycles. The van der Waals surface area contributed by atoms with Crippen molar-refractivity contribution in [2.75, 3.05) is 0 Å². The van der Waals surface area contributed by atoms with E-state index >= 15 is 0 Å². The van der Waals surface area contributed by atoms with Crippen LogP contribution in [0, 0.1) is 5.92 Å². The van der Waals surface area contributed by atoms with Crippen molar-refractivity contribution in [2.45, 2.75) is 45.0 Å². The molecule has 0 aliphatic rings. The molecule has 2 rings (SSSR count). The number of hydrogen-bond acceptors (Lipinski definition) is 1. The van der Waals surface area contributed by atoms with Crippen molar-refractivity contribution in [1.82, 2.24) is 9.78 Å². The summed E-state index contributed by atoms with van der Waals surface area (Å²) in [6.45, 7) is 7.56. The van der Waals surface area contributed by atoms with E-state index in [1.54, 1.807) is 0 Å². The minimum atomic E-state index is 0.383.